The first kappa shape index (κ1) is 15.9. The van der Waals surface area contributed by atoms with Gasteiger partial charge < -0.3 is 9.47 Å². The number of hydrogen-bond acceptors (Lipinski definition) is 4. The number of ether oxygens (including phenoxy) is 2. The standard InChI is InChI=1S/C16H23NO4S/c1-12-5-6-15(13(2)9-12)22(18,19)17-10-14-11-20-16(21-14)7-3-4-8-16/h5-6,9,14,17H,3-4,7-8,10-11H2,1-2H3. The molecule has 0 amide bonds. The molecule has 2 aliphatic rings. The second-order valence-corrected chi connectivity index (χ2v) is 8.02. The Morgan fingerprint density at radius 2 is 2.00 bits per heavy atom. The van der Waals surface area contributed by atoms with Gasteiger partial charge in [-0.25, -0.2) is 13.1 Å². The van der Waals surface area contributed by atoms with Crippen molar-refractivity contribution in [2.75, 3.05) is 13.2 Å². The Labute approximate surface area is 132 Å². The lowest BCUT2D eigenvalue weighted by molar-refractivity contribution is -0.160. The molecule has 3 rings (SSSR count). The molecule has 1 N–H and O–H groups in total. The summed E-state index contributed by atoms with van der Waals surface area (Å²) >= 11 is 0. The molecule has 1 aromatic carbocycles. The summed E-state index contributed by atoms with van der Waals surface area (Å²) in [6, 6.07) is 5.33. The quantitative estimate of drug-likeness (QED) is 0.922. The first-order valence-corrected chi connectivity index (χ1v) is 9.27. The van der Waals surface area contributed by atoms with Gasteiger partial charge >= 0.3 is 0 Å². The monoisotopic (exact) mass is 325 g/mol. The van der Waals surface area contributed by atoms with Gasteiger partial charge in [-0.3, -0.25) is 0 Å². The van der Waals surface area contributed by atoms with E-state index in [9.17, 15) is 8.42 Å². The summed E-state index contributed by atoms with van der Waals surface area (Å²) in [6.07, 6.45) is 3.83. The summed E-state index contributed by atoms with van der Waals surface area (Å²) in [5, 5.41) is 0. The topological polar surface area (TPSA) is 64.6 Å². The fourth-order valence-electron chi connectivity index (χ4n) is 3.27. The van der Waals surface area contributed by atoms with Gasteiger partial charge in [0.2, 0.25) is 10.0 Å². The zero-order valence-electron chi connectivity index (χ0n) is 13.1. The van der Waals surface area contributed by atoms with E-state index >= 15 is 0 Å². The van der Waals surface area contributed by atoms with E-state index in [0.717, 1.165) is 36.8 Å². The van der Waals surface area contributed by atoms with Crippen LogP contribution >= 0.6 is 0 Å². The van der Waals surface area contributed by atoms with Gasteiger partial charge in [0, 0.05) is 19.4 Å². The molecule has 1 saturated carbocycles. The van der Waals surface area contributed by atoms with Crippen molar-refractivity contribution in [3.63, 3.8) is 0 Å². The van der Waals surface area contributed by atoms with Crippen molar-refractivity contribution in [3.05, 3.63) is 29.3 Å². The molecule has 1 spiro atoms. The van der Waals surface area contributed by atoms with Crippen molar-refractivity contribution in [2.45, 2.75) is 56.3 Å². The fraction of sp³-hybridized carbons (Fsp3) is 0.625. The van der Waals surface area contributed by atoms with E-state index in [1.807, 2.05) is 26.0 Å². The first-order chi connectivity index (χ1) is 10.4. The van der Waals surface area contributed by atoms with Crippen LogP contribution in [0.25, 0.3) is 0 Å². The Kier molecular flexibility index (Phi) is 4.29. The van der Waals surface area contributed by atoms with E-state index in [1.54, 1.807) is 6.07 Å². The molecular formula is C16H23NO4S. The molecular weight excluding hydrogens is 302 g/mol. The maximum atomic E-state index is 12.4. The lowest BCUT2D eigenvalue weighted by Crippen LogP contribution is -2.35. The summed E-state index contributed by atoms with van der Waals surface area (Å²) in [5.74, 6) is -0.449. The van der Waals surface area contributed by atoms with Gasteiger partial charge in [0.15, 0.2) is 5.79 Å². The SMILES string of the molecule is Cc1ccc(S(=O)(=O)NCC2COC3(CCCC3)O2)c(C)c1. The third-order valence-electron chi connectivity index (χ3n) is 4.40. The Morgan fingerprint density at radius 1 is 1.27 bits per heavy atom. The second-order valence-electron chi connectivity index (χ2n) is 6.29. The molecule has 22 heavy (non-hydrogen) atoms. The minimum atomic E-state index is -3.52. The highest BCUT2D eigenvalue weighted by molar-refractivity contribution is 7.89. The molecule has 5 nitrogen and oxygen atoms in total. The van der Waals surface area contributed by atoms with E-state index in [1.165, 1.54) is 0 Å². The van der Waals surface area contributed by atoms with Crippen molar-refractivity contribution in [1.29, 1.82) is 0 Å². The van der Waals surface area contributed by atoms with Gasteiger partial charge in [0.1, 0.15) is 0 Å². The fourth-order valence-corrected chi connectivity index (χ4v) is 4.57. The minimum Gasteiger partial charge on any atom is -0.347 e. The molecule has 0 radical (unpaired) electrons. The molecule has 122 valence electrons. The largest absolute Gasteiger partial charge is 0.347 e. The van der Waals surface area contributed by atoms with Gasteiger partial charge in [-0.15, -0.1) is 0 Å². The highest BCUT2D eigenvalue weighted by Gasteiger charge is 2.43. The summed E-state index contributed by atoms with van der Waals surface area (Å²) in [5.41, 5.74) is 1.80. The summed E-state index contributed by atoms with van der Waals surface area (Å²) in [6.45, 7) is 4.46. The van der Waals surface area contributed by atoms with Crippen LogP contribution in [0.4, 0.5) is 0 Å². The van der Waals surface area contributed by atoms with Gasteiger partial charge in [-0.05, 0) is 38.3 Å². The van der Waals surface area contributed by atoms with Crippen molar-refractivity contribution in [2.24, 2.45) is 0 Å². The first-order valence-electron chi connectivity index (χ1n) is 7.79. The average Bonchev–Trinajstić information content (AvgIpc) is 3.07. The predicted molar refractivity (Wildman–Crippen MR) is 83.1 cm³/mol. The Morgan fingerprint density at radius 3 is 2.68 bits per heavy atom. The zero-order chi connectivity index (χ0) is 15.8. The van der Waals surface area contributed by atoms with Crippen LogP contribution in [0, 0.1) is 13.8 Å². The van der Waals surface area contributed by atoms with E-state index in [4.69, 9.17) is 9.47 Å². The summed E-state index contributed by atoms with van der Waals surface area (Å²) in [4.78, 5) is 0.326. The molecule has 1 heterocycles. The summed E-state index contributed by atoms with van der Waals surface area (Å²) in [7, 11) is -3.52. The van der Waals surface area contributed by atoms with Crippen LogP contribution in [-0.2, 0) is 19.5 Å². The van der Waals surface area contributed by atoms with Crippen LogP contribution in [0.5, 0.6) is 0 Å². The Bertz CT molecular complexity index is 650. The number of hydrogen-bond donors (Lipinski definition) is 1. The van der Waals surface area contributed by atoms with Crippen molar-refractivity contribution < 1.29 is 17.9 Å². The van der Waals surface area contributed by atoms with E-state index in [0.29, 0.717) is 11.5 Å². The number of benzene rings is 1. The highest BCUT2D eigenvalue weighted by atomic mass is 32.2. The molecule has 0 bridgehead atoms. The van der Waals surface area contributed by atoms with Gasteiger partial charge in [0.05, 0.1) is 17.6 Å². The number of nitrogens with one attached hydrogen (secondary N) is 1. The maximum absolute atomic E-state index is 12.4. The highest BCUT2D eigenvalue weighted by Crippen LogP contribution is 2.39. The van der Waals surface area contributed by atoms with Crippen molar-refractivity contribution >= 4 is 10.0 Å². The molecule has 1 unspecified atom stereocenters. The van der Waals surface area contributed by atoms with Gasteiger partial charge in [0.25, 0.3) is 0 Å². The number of rotatable bonds is 4. The number of sulfonamides is 1. The smallest absolute Gasteiger partial charge is 0.240 e. The molecule has 1 saturated heterocycles. The van der Waals surface area contributed by atoms with Crippen molar-refractivity contribution in [3.8, 4) is 0 Å². The van der Waals surface area contributed by atoms with Crippen LogP contribution in [-0.4, -0.2) is 33.5 Å². The van der Waals surface area contributed by atoms with Crippen LogP contribution in [0.15, 0.2) is 23.1 Å². The lowest BCUT2D eigenvalue weighted by Gasteiger charge is -2.22. The zero-order valence-corrected chi connectivity index (χ0v) is 13.9. The van der Waals surface area contributed by atoms with Crippen LogP contribution in [0.3, 0.4) is 0 Å². The third kappa shape index (κ3) is 3.20. The summed E-state index contributed by atoms with van der Waals surface area (Å²) < 4.78 is 39.2. The average molecular weight is 325 g/mol. The van der Waals surface area contributed by atoms with Gasteiger partial charge in [-0.1, -0.05) is 17.7 Å². The lowest BCUT2D eigenvalue weighted by atomic mass is 10.2. The molecule has 0 aromatic heterocycles. The molecule has 2 fully saturated rings. The van der Waals surface area contributed by atoms with E-state index < -0.39 is 15.8 Å². The molecule has 1 aliphatic carbocycles. The molecule has 1 aliphatic heterocycles. The third-order valence-corrected chi connectivity index (χ3v) is 5.98. The van der Waals surface area contributed by atoms with E-state index in [-0.39, 0.29) is 12.6 Å². The number of aryl methyl sites for hydroxylation is 2. The predicted octanol–water partition coefficient (Wildman–Crippen LogP) is 2.27. The van der Waals surface area contributed by atoms with Crippen molar-refractivity contribution in [1.82, 2.24) is 4.72 Å². The maximum Gasteiger partial charge on any atom is 0.240 e. The molecule has 6 heteroatoms. The Balaban J connectivity index is 1.63. The second kappa shape index (κ2) is 5.92. The Hall–Kier alpha value is -0.950. The molecule has 1 aromatic rings. The van der Waals surface area contributed by atoms with Crippen LogP contribution < -0.4 is 4.72 Å². The molecule has 1 atom stereocenters. The van der Waals surface area contributed by atoms with Crippen LogP contribution in [0.1, 0.15) is 36.8 Å². The van der Waals surface area contributed by atoms with Crippen LogP contribution in [0.2, 0.25) is 0 Å². The van der Waals surface area contributed by atoms with E-state index in [2.05, 4.69) is 4.72 Å². The minimum absolute atomic E-state index is 0.210. The normalized spacial score (nSPS) is 24.2. The van der Waals surface area contributed by atoms with Gasteiger partial charge in [-0.2, -0.15) is 0 Å².